The molecule has 0 aliphatic heterocycles. The maximum atomic E-state index is 12.1. The minimum absolute atomic E-state index is 0.167. The van der Waals surface area contributed by atoms with Gasteiger partial charge in [0.15, 0.2) is 10.8 Å². The topological polar surface area (TPSA) is 80.9 Å². The van der Waals surface area contributed by atoms with Crippen molar-refractivity contribution in [2.45, 2.75) is 6.42 Å². The number of nitrogens with zero attached hydrogens (tertiary/aromatic N) is 3. The molecule has 4 heterocycles. The molecule has 0 aromatic carbocycles. The van der Waals surface area contributed by atoms with Crippen molar-refractivity contribution in [3.05, 3.63) is 46.3 Å². The minimum Gasteiger partial charge on any atom is -0.462 e. The first-order valence-electron chi connectivity index (χ1n) is 6.92. The van der Waals surface area contributed by atoms with Gasteiger partial charge in [0.2, 0.25) is 11.0 Å². The van der Waals surface area contributed by atoms with E-state index in [0.717, 1.165) is 15.6 Å². The van der Waals surface area contributed by atoms with Crippen LogP contribution in [0.3, 0.4) is 0 Å². The first-order valence-corrected chi connectivity index (χ1v) is 9.56. The molecule has 0 saturated carbocycles. The van der Waals surface area contributed by atoms with E-state index in [2.05, 4.69) is 20.5 Å². The van der Waals surface area contributed by atoms with E-state index < -0.39 is 0 Å². The summed E-state index contributed by atoms with van der Waals surface area (Å²) in [6.45, 7) is 0. The lowest BCUT2D eigenvalue weighted by Gasteiger charge is -1.98. The molecule has 1 amide bonds. The van der Waals surface area contributed by atoms with Gasteiger partial charge >= 0.3 is 0 Å². The van der Waals surface area contributed by atoms with Gasteiger partial charge in [-0.3, -0.25) is 4.79 Å². The number of carbonyl (C=O) groups excluding carboxylic acids is 1. The normalized spacial score (nSPS) is 10.8. The number of amides is 1. The second-order valence-electron chi connectivity index (χ2n) is 4.77. The van der Waals surface area contributed by atoms with E-state index in [4.69, 9.17) is 4.42 Å². The lowest BCUT2D eigenvalue weighted by Crippen LogP contribution is -2.14. The quantitative estimate of drug-likeness (QED) is 0.567. The van der Waals surface area contributed by atoms with Gasteiger partial charge in [-0.1, -0.05) is 11.3 Å². The average Bonchev–Trinajstić information content (AvgIpc) is 3.35. The summed E-state index contributed by atoms with van der Waals surface area (Å²) in [4.78, 5) is 16.6. The van der Waals surface area contributed by atoms with Crippen LogP contribution >= 0.6 is 34.0 Å². The number of thiophene rings is 1. The molecule has 0 atom stereocenters. The van der Waals surface area contributed by atoms with Crippen LogP contribution in [0, 0.1) is 0 Å². The highest BCUT2D eigenvalue weighted by Gasteiger charge is 2.13. The fraction of sp³-hybridized carbons (Fsp3) is 0.0667. The van der Waals surface area contributed by atoms with E-state index in [1.807, 2.05) is 34.3 Å². The summed E-state index contributed by atoms with van der Waals surface area (Å²) in [5.41, 5.74) is 1.71. The van der Waals surface area contributed by atoms with Gasteiger partial charge in [0.25, 0.3) is 0 Å². The monoisotopic (exact) mass is 374 g/mol. The summed E-state index contributed by atoms with van der Waals surface area (Å²) in [6, 6.07) is 5.63. The molecule has 0 radical (unpaired) electrons. The predicted octanol–water partition coefficient (Wildman–Crippen LogP) is 4.16. The van der Waals surface area contributed by atoms with Crippen molar-refractivity contribution in [2.24, 2.45) is 0 Å². The number of rotatable bonds is 5. The fourth-order valence-corrected chi connectivity index (χ4v) is 4.26. The van der Waals surface area contributed by atoms with Crippen molar-refractivity contribution in [1.29, 1.82) is 0 Å². The van der Waals surface area contributed by atoms with E-state index in [-0.39, 0.29) is 12.3 Å². The maximum Gasteiger partial charge on any atom is 0.232 e. The first kappa shape index (κ1) is 15.2. The van der Waals surface area contributed by atoms with Gasteiger partial charge in [-0.05, 0) is 23.6 Å². The molecule has 9 heteroatoms. The highest BCUT2D eigenvalue weighted by molar-refractivity contribution is 7.19. The number of aromatic nitrogens is 3. The van der Waals surface area contributed by atoms with Crippen molar-refractivity contribution >= 4 is 45.0 Å². The van der Waals surface area contributed by atoms with E-state index in [0.29, 0.717) is 16.6 Å². The van der Waals surface area contributed by atoms with Crippen molar-refractivity contribution in [1.82, 2.24) is 15.2 Å². The lowest BCUT2D eigenvalue weighted by atomic mass is 10.3. The second-order valence-corrected chi connectivity index (χ2v) is 7.39. The third kappa shape index (κ3) is 3.28. The Morgan fingerprint density at radius 2 is 2.17 bits per heavy atom. The Morgan fingerprint density at radius 1 is 1.21 bits per heavy atom. The molecule has 120 valence electrons. The van der Waals surface area contributed by atoms with Gasteiger partial charge in [0, 0.05) is 16.3 Å². The summed E-state index contributed by atoms with van der Waals surface area (Å²) in [6.07, 6.45) is 1.79. The molecule has 6 nitrogen and oxygen atoms in total. The smallest absolute Gasteiger partial charge is 0.232 e. The van der Waals surface area contributed by atoms with Crippen LogP contribution in [0.2, 0.25) is 0 Å². The number of nitrogens with one attached hydrogen (secondary N) is 1. The van der Waals surface area contributed by atoms with E-state index >= 15 is 0 Å². The Balaban J connectivity index is 1.40. The van der Waals surface area contributed by atoms with Crippen LogP contribution in [0.5, 0.6) is 0 Å². The van der Waals surface area contributed by atoms with Gasteiger partial charge in [-0.2, -0.15) is 11.3 Å². The number of hydrogen-bond acceptors (Lipinski definition) is 8. The summed E-state index contributed by atoms with van der Waals surface area (Å²) in [7, 11) is 0. The molecule has 0 saturated heterocycles. The number of carbonyl (C=O) groups is 1. The van der Waals surface area contributed by atoms with Crippen molar-refractivity contribution in [3.8, 4) is 21.3 Å². The van der Waals surface area contributed by atoms with Gasteiger partial charge in [0.05, 0.1) is 18.4 Å². The van der Waals surface area contributed by atoms with Crippen LogP contribution in [0.25, 0.3) is 21.3 Å². The molecule has 4 aromatic heterocycles. The molecule has 0 bridgehead atoms. The zero-order chi connectivity index (χ0) is 16.4. The maximum absolute atomic E-state index is 12.1. The summed E-state index contributed by atoms with van der Waals surface area (Å²) >= 11 is 4.40. The molecular weight excluding hydrogens is 364 g/mol. The van der Waals surface area contributed by atoms with Crippen LogP contribution in [-0.4, -0.2) is 21.1 Å². The highest BCUT2D eigenvalue weighted by Crippen LogP contribution is 2.28. The van der Waals surface area contributed by atoms with Crippen molar-refractivity contribution in [3.63, 3.8) is 0 Å². The van der Waals surface area contributed by atoms with Crippen LogP contribution in [-0.2, 0) is 11.2 Å². The highest BCUT2D eigenvalue weighted by atomic mass is 32.1. The third-order valence-electron chi connectivity index (χ3n) is 3.06. The zero-order valence-electron chi connectivity index (χ0n) is 12.1. The average molecular weight is 374 g/mol. The van der Waals surface area contributed by atoms with E-state index in [1.165, 1.54) is 22.7 Å². The fourth-order valence-electron chi connectivity index (χ4n) is 2.01. The molecular formula is C15H10N4O2S3. The van der Waals surface area contributed by atoms with Gasteiger partial charge in [0.1, 0.15) is 5.01 Å². The van der Waals surface area contributed by atoms with Crippen LogP contribution in [0.4, 0.5) is 5.13 Å². The van der Waals surface area contributed by atoms with E-state index in [1.54, 1.807) is 17.6 Å². The standard InChI is InChI=1S/C15H10N4O2S3/c20-12(6-10-8-23-14(16-10)11-2-1-4-21-11)17-15-19-18-13(24-15)9-3-5-22-7-9/h1-5,7-8H,6H2,(H,17,19,20). The van der Waals surface area contributed by atoms with Crippen molar-refractivity contribution in [2.75, 3.05) is 5.32 Å². The molecule has 24 heavy (non-hydrogen) atoms. The van der Waals surface area contributed by atoms with Gasteiger partial charge < -0.3 is 9.73 Å². The summed E-state index contributed by atoms with van der Waals surface area (Å²) in [5, 5.41) is 18.7. The number of hydrogen-bond donors (Lipinski definition) is 1. The largest absolute Gasteiger partial charge is 0.462 e. The molecule has 0 aliphatic carbocycles. The molecule has 4 rings (SSSR count). The van der Waals surface area contributed by atoms with Crippen LogP contribution in [0.1, 0.15) is 5.69 Å². The number of thiazole rings is 1. The van der Waals surface area contributed by atoms with Crippen LogP contribution in [0.15, 0.2) is 45.0 Å². The molecule has 0 unspecified atom stereocenters. The van der Waals surface area contributed by atoms with Crippen LogP contribution < -0.4 is 5.32 Å². The molecule has 0 fully saturated rings. The zero-order valence-corrected chi connectivity index (χ0v) is 14.6. The molecule has 1 N–H and O–H groups in total. The number of anilines is 1. The molecule has 0 spiro atoms. The Bertz CT molecular complexity index is 865. The Hall–Kier alpha value is -2.36. The molecule has 4 aromatic rings. The number of furan rings is 1. The first-order chi connectivity index (χ1) is 11.8. The second kappa shape index (κ2) is 6.63. The van der Waals surface area contributed by atoms with Crippen molar-refractivity contribution < 1.29 is 9.21 Å². The van der Waals surface area contributed by atoms with Gasteiger partial charge in [-0.25, -0.2) is 4.98 Å². The SMILES string of the molecule is O=C(Cc1csc(-c2ccco2)n1)Nc1nnc(-c2ccsc2)s1. The predicted molar refractivity (Wildman–Crippen MR) is 95.4 cm³/mol. The Labute approximate surface area is 148 Å². The summed E-state index contributed by atoms with van der Waals surface area (Å²) in [5.74, 6) is 0.537. The molecule has 0 aliphatic rings. The van der Waals surface area contributed by atoms with Gasteiger partial charge in [-0.15, -0.1) is 21.5 Å². The third-order valence-corrected chi connectivity index (χ3v) is 5.54. The van der Waals surface area contributed by atoms with E-state index in [9.17, 15) is 4.79 Å². The lowest BCUT2D eigenvalue weighted by molar-refractivity contribution is -0.115. The summed E-state index contributed by atoms with van der Waals surface area (Å²) < 4.78 is 5.30. The Morgan fingerprint density at radius 3 is 2.96 bits per heavy atom. The Kier molecular flexibility index (Phi) is 4.20. The minimum atomic E-state index is -0.167.